The molecule has 1 amide bonds. The number of sulfonamides is 1. The smallest absolute Gasteiger partial charge is 0.273 e. The molecule has 3 rings (SSSR count). The number of hydrogen-bond donors (Lipinski definition) is 1. The second-order valence-corrected chi connectivity index (χ2v) is 8.84. The van der Waals surface area contributed by atoms with Gasteiger partial charge < -0.3 is 0 Å². The highest BCUT2D eigenvalue weighted by atomic mass is 79.9. The number of hydrogen-bond acceptors (Lipinski definition) is 4. The summed E-state index contributed by atoms with van der Waals surface area (Å²) in [7, 11) is -3.84. The average Bonchev–Trinajstić information content (AvgIpc) is 2.94. The van der Waals surface area contributed by atoms with Gasteiger partial charge in [-0.1, -0.05) is 46.3 Å². The fraction of sp³-hybridized carbons (Fsp3) is 0.0625. The van der Waals surface area contributed by atoms with Crippen LogP contribution < -0.4 is 4.72 Å². The fourth-order valence-electron chi connectivity index (χ4n) is 2.11. The van der Waals surface area contributed by atoms with Crippen LogP contribution in [-0.2, 0) is 21.2 Å². The van der Waals surface area contributed by atoms with Crippen LogP contribution in [0.25, 0.3) is 10.1 Å². The molecule has 0 aliphatic rings. The van der Waals surface area contributed by atoms with E-state index in [0.29, 0.717) is 0 Å². The fourth-order valence-corrected chi connectivity index (χ4v) is 4.76. The first-order chi connectivity index (χ1) is 10.9. The normalized spacial score (nSPS) is 11.5. The number of halogens is 1. The van der Waals surface area contributed by atoms with E-state index in [4.69, 9.17) is 0 Å². The van der Waals surface area contributed by atoms with Gasteiger partial charge in [-0.05, 0) is 35.2 Å². The van der Waals surface area contributed by atoms with Crippen molar-refractivity contribution in [2.45, 2.75) is 10.6 Å². The topological polar surface area (TPSA) is 63.2 Å². The molecule has 1 aromatic heterocycles. The number of carbonyl (C=O) groups excluding carboxylic acids is 1. The van der Waals surface area contributed by atoms with E-state index in [1.807, 2.05) is 36.4 Å². The molecule has 1 N–H and O–H groups in total. The lowest BCUT2D eigenvalue weighted by Crippen LogP contribution is -2.31. The first kappa shape index (κ1) is 16.2. The highest BCUT2D eigenvalue weighted by Gasteiger charge is 2.20. The van der Waals surface area contributed by atoms with Crippen LogP contribution in [0, 0.1) is 0 Å². The monoisotopic (exact) mass is 409 g/mol. The molecule has 0 fully saturated rings. The van der Waals surface area contributed by atoms with Gasteiger partial charge in [0.2, 0.25) is 5.91 Å². The molecule has 118 valence electrons. The zero-order chi connectivity index (χ0) is 16.4. The van der Waals surface area contributed by atoms with Crippen LogP contribution in [-0.4, -0.2) is 14.3 Å². The quantitative estimate of drug-likeness (QED) is 0.713. The second-order valence-electron chi connectivity index (χ2n) is 4.94. The molecule has 0 saturated carbocycles. The summed E-state index contributed by atoms with van der Waals surface area (Å²) in [4.78, 5) is 12.0. The van der Waals surface area contributed by atoms with Gasteiger partial charge in [0.1, 0.15) is 4.21 Å². The Bertz CT molecular complexity index is 929. The van der Waals surface area contributed by atoms with Crippen molar-refractivity contribution in [2.75, 3.05) is 0 Å². The van der Waals surface area contributed by atoms with Crippen LogP contribution in [0.15, 0.2) is 63.3 Å². The Labute approximate surface area is 146 Å². The summed E-state index contributed by atoms with van der Waals surface area (Å²) < 4.78 is 28.7. The summed E-state index contributed by atoms with van der Waals surface area (Å²) in [6, 6.07) is 16.1. The molecule has 0 aliphatic carbocycles. The van der Waals surface area contributed by atoms with Gasteiger partial charge in [-0.2, -0.15) is 0 Å². The minimum atomic E-state index is -3.84. The van der Waals surface area contributed by atoms with Crippen LogP contribution in [0.2, 0.25) is 0 Å². The average molecular weight is 410 g/mol. The van der Waals surface area contributed by atoms with E-state index >= 15 is 0 Å². The largest absolute Gasteiger partial charge is 0.274 e. The third-order valence-electron chi connectivity index (χ3n) is 3.19. The summed E-state index contributed by atoms with van der Waals surface area (Å²) in [5, 5.41) is 0.846. The molecule has 1 heterocycles. The van der Waals surface area contributed by atoms with Crippen molar-refractivity contribution in [2.24, 2.45) is 0 Å². The molecule has 0 spiro atoms. The van der Waals surface area contributed by atoms with Gasteiger partial charge in [-0.25, -0.2) is 13.1 Å². The lowest BCUT2D eigenvalue weighted by Gasteiger charge is -2.05. The van der Waals surface area contributed by atoms with E-state index in [0.717, 1.165) is 31.5 Å². The molecular weight excluding hydrogens is 398 g/mol. The third-order valence-corrected chi connectivity index (χ3v) is 6.69. The maximum atomic E-state index is 12.3. The van der Waals surface area contributed by atoms with E-state index in [1.54, 1.807) is 18.2 Å². The minimum Gasteiger partial charge on any atom is -0.274 e. The number of fused-ring (bicyclic) bond motifs is 1. The molecule has 3 aromatic rings. The molecular formula is C16H12BrNO3S2. The van der Waals surface area contributed by atoms with Gasteiger partial charge in [0.25, 0.3) is 10.0 Å². The van der Waals surface area contributed by atoms with Crippen LogP contribution >= 0.6 is 27.3 Å². The zero-order valence-electron chi connectivity index (χ0n) is 11.8. The molecule has 0 radical (unpaired) electrons. The van der Waals surface area contributed by atoms with Crippen LogP contribution in [0.4, 0.5) is 0 Å². The first-order valence-electron chi connectivity index (χ1n) is 6.73. The Morgan fingerprint density at radius 2 is 1.78 bits per heavy atom. The maximum Gasteiger partial charge on any atom is 0.273 e. The van der Waals surface area contributed by atoms with Crippen molar-refractivity contribution in [3.05, 3.63) is 64.6 Å². The molecule has 0 unspecified atom stereocenters. The van der Waals surface area contributed by atoms with Gasteiger partial charge in [0.15, 0.2) is 0 Å². The lowest BCUT2D eigenvalue weighted by molar-refractivity contribution is -0.118. The predicted molar refractivity (Wildman–Crippen MR) is 95.0 cm³/mol. The Kier molecular flexibility index (Phi) is 4.52. The summed E-state index contributed by atoms with van der Waals surface area (Å²) in [5.74, 6) is -0.551. The third kappa shape index (κ3) is 3.80. The number of nitrogens with one attached hydrogen (secondary N) is 1. The molecule has 0 saturated heterocycles. The number of carbonyl (C=O) groups is 1. The van der Waals surface area contributed by atoms with Crippen molar-refractivity contribution in [3.8, 4) is 0 Å². The van der Waals surface area contributed by atoms with Gasteiger partial charge in [0.05, 0.1) is 6.42 Å². The van der Waals surface area contributed by atoms with E-state index < -0.39 is 15.9 Å². The van der Waals surface area contributed by atoms with Crippen molar-refractivity contribution >= 4 is 53.3 Å². The maximum absolute atomic E-state index is 12.3. The van der Waals surface area contributed by atoms with Crippen molar-refractivity contribution in [3.63, 3.8) is 0 Å². The SMILES string of the molecule is O=C(Cc1ccc(Br)cc1)NS(=O)(=O)c1cc2ccccc2s1. The Hall–Kier alpha value is -1.70. The van der Waals surface area contributed by atoms with Gasteiger partial charge >= 0.3 is 0 Å². The molecule has 0 aliphatic heterocycles. The predicted octanol–water partition coefficient (Wildman–Crippen LogP) is 3.71. The minimum absolute atomic E-state index is 0.0113. The summed E-state index contributed by atoms with van der Waals surface area (Å²) >= 11 is 4.46. The summed E-state index contributed by atoms with van der Waals surface area (Å²) in [6.45, 7) is 0. The van der Waals surface area contributed by atoms with E-state index in [1.165, 1.54) is 0 Å². The van der Waals surface area contributed by atoms with Gasteiger partial charge in [0, 0.05) is 9.17 Å². The summed E-state index contributed by atoms with van der Waals surface area (Å²) in [6.07, 6.45) is 0.0113. The zero-order valence-corrected chi connectivity index (χ0v) is 15.0. The van der Waals surface area contributed by atoms with Gasteiger partial charge in [-0.3, -0.25) is 4.79 Å². The molecule has 0 atom stereocenters. The second kappa shape index (κ2) is 6.43. The van der Waals surface area contributed by atoms with E-state index in [2.05, 4.69) is 20.7 Å². The van der Waals surface area contributed by atoms with E-state index in [9.17, 15) is 13.2 Å². The highest BCUT2D eigenvalue weighted by Crippen LogP contribution is 2.28. The molecule has 2 aromatic carbocycles. The number of thiophene rings is 1. The first-order valence-corrected chi connectivity index (χ1v) is 9.82. The van der Waals surface area contributed by atoms with Crippen LogP contribution in [0.1, 0.15) is 5.56 Å². The number of rotatable bonds is 4. The molecule has 7 heteroatoms. The molecule has 4 nitrogen and oxygen atoms in total. The number of benzene rings is 2. The van der Waals surface area contributed by atoms with Crippen molar-refractivity contribution < 1.29 is 13.2 Å². The van der Waals surface area contributed by atoms with Gasteiger partial charge in [-0.15, -0.1) is 11.3 Å². The lowest BCUT2D eigenvalue weighted by atomic mass is 10.1. The Balaban J connectivity index is 1.77. The molecule has 0 bridgehead atoms. The standard InChI is InChI=1S/C16H12BrNO3S2/c17-13-7-5-11(6-8-13)9-15(19)18-23(20,21)16-10-12-3-1-2-4-14(12)22-16/h1-8,10H,9H2,(H,18,19). The van der Waals surface area contributed by atoms with Crippen LogP contribution in [0.5, 0.6) is 0 Å². The Morgan fingerprint density at radius 3 is 2.48 bits per heavy atom. The highest BCUT2D eigenvalue weighted by molar-refractivity contribution is 9.10. The van der Waals surface area contributed by atoms with Crippen LogP contribution in [0.3, 0.4) is 0 Å². The summed E-state index contributed by atoms with van der Waals surface area (Å²) in [5.41, 5.74) is 0.747. The van der Waals surface area contributed by atoms with Crippen molar-refractivity contribution in [1.29, 1.82) is 0 Å². The number of amides is 1. The van der Waals surface area contributed by atoms with Crippen molar-refractivity contribution in [1.82, 2.24) is 4.72 Å². The molecule has 23 heavy (non-hydrogen) atoms. The van der Waals surface area contributed by atoms with E-state index in [-0.39, 0.29) is 10.6 Å². The Morgan fingerprint density at radius 1 is 1.09 bits per heavy atom.